The quantitative estimate of drug-likeness (QED) is 0.731. The summed E-state index contributed by atoms with van der Waals surface area (Å²) < 4.78 is 20.0. The average molecular weight is 250 g/mol. The summed E-state index contributed by atoms with van der Waals surface area (Å²) in [6, 6.07) is 4.67. The lowest BCUT2D eigenvalue weighted by Crippen LogP contribution is -2.26. The molecule has 0 atom stereocenters. The van der Waals surface area contributed by atoms with Gasteiger partial charge in [-0.05, 0) is 39.0 Å². The molecule has 0 radical (unpaired) electrons. The first-order valence-electron chi connectivity index (χ1n) is 5.57. The van der Waals surface area contributed by atoms with Crippen LogP contribution in [0.4, 0.5) is 14.9 Å². The fourth-order valence-corrected chi connectivity index (χ4v) is 1.66. The van der Waals surface area contributed by atoms with Crippen molar-refractivity contribution in [3.63, 3.8) is 0 Å². The molecule has 1 heterocycles. The Morgan fingerprint density at radius 2 is 2.06 bits per heavy atom. The first kappa shape index (κ1) is 12.4. The minimum absolute atomic E-state index is 0.343. The average Bonchev–Trinajstić information content (AvgIpc) is 2.53. The van der Waals surface area contributed by atoms with Gasteiger partial charge in [-0.2, -0.15) is 0 Å². The topological polar surface area (TPSA) is 57.2 Å². The summed E-state index contributed by atoms with van der Waals surface area (Å²) in [7, 11) is 0. The molecule has 0 spiro atoms. The van der Waals surface area contributed by atoms with Gasteiger partial charge in [0.2, 0.25) is 0 Å². The number of aromatic nitrogens is 1. The van der Waals surface area contributed by atoms with Crippen LogP contribution >= 0.6 is 0 Å². The third kappa shape index (κ3) is 2.30. The normalized spacial score (nSPS) is 11.8. The number of hydrogen-bond acceptors (Lipinski definition) is 3. The van der Waals surface area contributed by atoms with E-state index < -0.39 is 17.5 Å². The predicted octanol–water partition coefficient (Wildman–Crippen LogP) is 3.15. The largest absolute Gasteiger partial charge is 0.443 e. The van der Waals surface area contributed by atoms with E-state index in [1.165, 1.54) is 0 Å². The summed E-state index contributed by atoms with van der Waals surface area (Å²) in [5.74, 6) is -0.476. The molecule has 96 valence electrons. The van der Waals surface area contributed by atoms with Gasteiger partial charge in [0, 0.05) is 11.1 Å². The summed E-state index contributed by atoms with van der Waals surface area (Å²) in [6.45, 7) is 5.25. The van der Waals surface area contributed by atoms with Gasteiger partial charge in [0.1, 0.15) is 11.4 Å². The second-order valence-electron chi connectivity index (χ2n) is 5.10. The predicted molar refractivity (Wildman–Crippen MR) is 67.9 cm³/mol. The van der Waals surface area contributed by atoms with E-state index in [1.54, 1.807) is 39.0 Å². The van der Waals surface area contributed by atoms with Crippen molar-refractivity contribution in [1.82, 2.24) is 4.57 Å². The minimum Gasteiger partial charge on any atom is -0.443 e. The van der Waals surface area contributed by atoms with Crippen LogP contribution in [0.3, 0.4) is 0 Å². The zero-order valence-electron chi connectivity index (χ0n) is 10.5. The lowest BCUT2D eigenvalue weighted by Gasteiger charge is -2.19. The second-order valence-corrected chi connectivity index (χ2v) is 5.10. The van der Waals surface area contributed by atoms with Crippen molar-refractivity contribution < 1.29 is 13.9 Å². The first-order chi connectivity index (χ1) is 8.28. The van der Waals surface area contributed by atoms with Crippen molar-refractivity contribution in [1.29, 1.82) is 0 Å². The van der Waals surface area contributed by atoms with Gasteiger partial charge in [-0.1, -0.05) is 0 Å². The van der Waals surface area contributed by atoms with Crippen LogP contribution in [0.25, 0.3) is 10.9 Å². The highest BCUT2D eigenvalue weighted by molar-refractivity contribution is 5.91. The summed E-state index contributed by atoms with van der Waals surface area (Å²) in [6.07, 6.45) is 0.486. The first-order valence-corrected chi connectivity index (χ1v) is 5.57. The molecule has 1 aromatic carbocycles. The Balaban J connectivity index is 2.51. The molecule has 18 heavy (non-hydrogen) atoms. The van der Waals surface area contributed by atoms with Gasteiger partial charge < -0.3 is 10.5 Å². The van der Waals surface area contributed by atoms with E-state index in [0.29, 0.717) is 16.6 Å². The van der Waals surface area contributed by atoms with Crippen LogP contribution in [0.5, 0.6) is 0 Å². The third-order valence-corrected chi connectivity index (χ3v) is 2.37. The number of carbonyl (C=O) groups excluding carboxylic acids is 1. The number of nitrogen functional groups attached to an aromatic ring is 1. The SMILES string of the molecule is CC(C)(C)OC(=O)n1cc(F)c2ccc(N)cc21. The van der Waals surface area contributed by atoms with Gasteiger partial charge in [0.25, 0.3) is 0 Å². The van der Waals surface area contributed by atoms with Gasteiger partial charge in [0.05, 0.1) is 11.7 Å². The second kappa shape index (κ2) is 4.01. The molecule has 2 aromatic rings. The van der Waals surface area contributed by atoms with Crippen molar-refractivity contribution in [3.8, 4) is 0 Å². The monoisotopic (exact) mass is 250 g/mol. The number of nitrogens with zero attached hydrogens (tertiary/aromatic N) is 1. The molecule has 0 aliphatic rings. The highest BCUT2D eigenvalue weighted by Gasteiger charge is 2.20. The molecule has 0 amide bonds. The van der Waals surface area contributed by atoms with Crippen molar-refractivity contribution in [3.05, 3.63) is 30.2 Å². The standard InChI is InChI=1S/C13H15FN2O2/c1-13(2,3)18-12(17)16-7-10(14)9-5-4-8(15)6-11(9)16/h4-7H,15H2,1-3H3. The number of hydrogen-bond donors (Lipinski definition) is 1. The number of carbonyl (C=O) groups is 1. The fourth-order valence-electron chi connectivity index (χ4n) is 1.66. The van der Waals surface area contributed by atoms with Gasteiger partial charge in [-0.3, -0.25) is 0 Å². The molecular formula is C13H15FN2O2. The van der Waals surface area contributed by atoms with Gasteiger partial charge in [-0.25, -0.2) is 13.8 Å². The molecule has 0 saturated heterocycles. The summed E-state index contributed by atoms with van der Waals surface area (Å²) in [5, 5.41) is 0.343. The van der Waals surface area contributed by atoms with Crippen molar-refractivity contribution in [2.75, 3.05) is 5.73 Å². The number of halogens is 1. The lowest BCUT2D eigenvalue weighted by molar-refractivity contribution is 0.0543. The molecule has 0 saturated carbocycles. The Hall–Kier alpha value is -2.04. The fraction of sp³-hybridized carbons (Fsp3) is 0.308. The molecule has 0 fully saturated rings. The van der Waals surface area contributed by atoms with E-state index in [2.05, 4.69) is 0 Å². The number of ether oxygens (including phenoxy) is 1. The van der Waals surface area contributed by atoms with Gasteiger partial charge in [0.15, 0.2) is 0 Å². The number of rotatable bonds is 0. The molecule has 1 aromatic heterocycles. The number of nitrogens with two attached hydrogens (primary N) is 1. The number of anilines is 1. The smallest absolute Gasteiger partial charge is 0.419 e. The van der Waals surface area contributed by atoms with Crippen LogP contribution in [-0.4, -0.2) is 16.3 Å². The van der Waals surface area contributed by atoms with Crippen LogP contribution in [0.2, 0.25) is 0 Å². The maximum Gasteiger partial charge on any atom is 0.419 e. The third-order valence-electron chi connectivity index (χ3n) is 2.37. The Morgan fingerprint density at radius 3 is 2.67 bits per heavy atom. The van der Waals surface area contributed by atoms with Crippen LogP contribution in [-0.2, 0) is 4.74 Å². The highest BCUT2D eigenvalue weighted by Crippen LogP contribution is 2.23. The Labute approximate surface area is 104 Å². The van der Waals surface area contributed by atoms with E-state index in [9.17, 15) is 9.18 Å². The molecule has 2 N–H and O–H groups in total. The van der Waals surface area contributed by atoms with E-state index in [4.69, 9.17) is 10.5 Å². The zero-order valence-corrected chi connectivity index (χ0v) is 10.5. The molecule has 2 rings (SSSR count). The van der Waals surface area contributed by atoms with Crippen molar-refractivity contribution in [2.45, 2.75) is 26.4 Å². The van der Waals surface area contributed by atoms with Crippen LogP contribution in [0.15, 0.2) is 24.4 Å². The maximum atomic E-state index is 13.7. The molecule has 0 aliphatic carbocycles. The van der Waals surface area contributed by atoms with Crippen LogP contribution in [0.1, 0.15) is 20.8 Å². The van der Waals surface area contributed by atoms with Crippen LogP contribution < -0.4 is 5.73 Å². The summed E-state index contributed by atoms with van der Waals surface area (Å²) >= 11 is 0. The molecule has 0 bridgehead atoms. The van der Waals surface area contributed by atoms with Crippen LogP contribution in [0, 0.1) is 5.82 Å². The zero-order chi connectivity index (χ0) is 13.5. The van der Waals surface area contributed by atoms with Crippen molar-refractivity contribution >= 4 is 22.7 Å². The number of benzene rings is 1. The minimum atomic E-state index is -0.634. The van der Waals surface area contributed by atoms with E-state index in [1.807, 2.05) is 0 Å². The molecular weight excluding hydrogens is 235 g/mol. The Bertz CT molecular complexity index is 611. The molecule has 5 heteroatoms. The van der Waals surface area contributed by atoms with E-state index >= 15 is 0 Å². The van der Waals surface area contributed by atoms with Crippen molar-refractivity contribution in [2.24, 2.45) is 0 Å². The Morgan fingerprint density at radius 1 is 1.39 bits per heavy atom. The summed E-state index contributed by atoms with van der Waals surface area (Å²) in [4.78, 5) is 11.9. The molecule has 4 nitrogen and oxygen atoms in total. The molecule has 0 aliphatic heterocycles. The maximum absolute atomic E-state index is 13.7. The van der Waals surface area contributed by atoms with E-state index in [-0.39, 0.29) is 0 Å². The lowest BCUT2D eigenvalue weighted by atomic mass is 10.2. The van der Waals surface area contributed by atoms with Gasteiger partial charge >= 0.3 is 6.09 Å². The van der Waals surface area contributed by atoms with Gasteiger partial charge in [-0.15, -0.1) is 0 Å². The highest BCUT2D eigenvalue weighted by atomic mass is 19.1. The molecule has 0 unspecified atom stereocenters. The van der Waals surface area contributed by atoms with E-state index in [0.717, 1.165) is 10.8 Å². The summed E-state index contributed by atoms with van der Waals surface area (Å²) in [5.41, 5.74) is 5.87. The number of fused-ring (bicyclic) bond motifs is 1. The Kier molecular flexibility index (Phi) is 2.77.